The summed E-state index contributed by atoms with van der Waals surface area (Å²) >= 11 is 0. The molecule has 0 spiro atoms. The Labute approximate surface area is 124 Å². The zero-order valence-electron chi connectivity index (χ0n) is 12.1. The van der Waals surface area contributed by atoms with Gasteiger partial charge in [0, 0.05) is 12.1 Å². The summed E-state index contributed by atoms with van der Waals surface area (Å²) in [4.78, 5) is 11.6. The third-order valence-corrected chi connectivity index (χ3v) is 4.51. The van der Waals surface area contributed by atoms with Crippen molar-refractivity contribution in [2.24, 2.45) is 0 Å². The summed E-state index contributed by atoms with van der Waals surface area (Å²) in [6.07, 6.45) is 2.06. The Balaban J connectivity index is 1.90. The van der Waals surface area contributed by atoms with Gasteiger partial charge in [0.15, 0.2) is 6.61 Å². The van der Waals surface area contributed by atoms with Crippen molar-refractivity contribution in [2.45, 2.75) is 43.7 Å². The highest BCUT2D eigenvalue weighted by atomic mass is 32.2. The first-order chi connectivity index (χ1) is 9.87. The minimum Gasteiger partial charge on any atom is -0.484 e. The Bertz CT molecular complexity index is 592. The van der Waals surface area contributed by atoms with Crippen LogP contribution in [-0.2, 0) is 14.8 Å². The van der Waals surface area contributed by atoms with Crippen LogP contribution in [0.3, 0.4) is 0 Å². The molecule has 0 aromatic heterocycles. The Morgan fingerprint density at radius 1 is 1.29 bits per heavy atom. The number of rotatable bonds is 7. The SMILES string of the molecule is CC(C)NS(=O)(=O)c1ccc(OCC(=O)NC2CC2)cc1. The lowest BCUT2D eigenvalue weighted by Crippen LogP contribution is -2.30. The molecule has 0 unspecified atom stereocenters. The van der Waals surface area contributed by atoms with Gasteiger partial charge in [-0.05, 0) is 51.0 Å². The zero-order chi connectivity index (χ0) is 15.5. The molecule has 0 heterocycles. The molecular formula is C14H20N2O4S. The largest absolute Gasteiger partial charge is 0.484 e. The third kappa shape index (κ3) is 5.02. The Morgan fingerprint density at radius 3 is 2.43 bits per heavy atom. The molecule has 1 aliphatic carbocycles. The summed E-state index contributed by atoms with van der Waals surface area (Å²) in [6, 6.07) is 6.13. The molecule has 1 amide bonds. The predicted octanol–water partition coefficient (Wildman–Crippen LogP) is 1.03. The molecule has 1 fully saturated rings. The fourth-order valence-electron chi connectivity index (χ4n) is 1.74. The van der Waals surface area contributed by atoms with Crippen LogP contribution in [0.1, 0.15) is 26.7 Å². The molecule has 0 saturated heterocycles. The fraction of sp³-hybridized carbons (Fsp3) is 0.500. The highest BCUT2D eigenvalue weighted by Crippen LogP contribution is 2.19. The van der Waals surface area contributed by atoms with E-state index in [1.54, 1.807) is 26.0 Å². The maximum absolute atomic E-state index is 11.9. The molecule has 0 aliphatic heterocycles. The number of sulfonamides is 1. The first kappa shape index (κ1) is 15.8. The smallest absolute Gasteiger partial charge is 0.258 e. The number of hydrogen-bond acceptors (Lipinski definition) is 4. The molecule has 1 aliphatic rings. The summed E-state index contributed by atoms with van der Waals surface area (Å²) in [7, 11) is -3.50. The summed E-state index contributed by atoms with van der Waals surface area (Å²) in [5.41, 5.74) is 0. The van der Waals surface area contributed by atoms with Crippen molar-refractivity contribution in [3.05, 3.63) is 24.3 Å². The van der Waals surface area contributed by atoms with Gasteiger partial charge in [0.2, 0.25) is 10.0 Å². The normalized spacial score (nSPS) is 15.0. The lowest BCUT2D eigenvalue weighted by Gasteiger charge is -2.10. The first-order valence-corrected chi connectivity index (χ1v) is 8.40. The van der Waals surface area contributed by atoms with Gasteiger partial charge in [-0.1, -0.05) is 0 Å². The van der Waals surface area contributed by atoms with E-state index in [9.17, 15) is 13.2 Å². The van der Waals surface area contributed by atoms with Gasteiger partial charge in [0.1, 0.15) is 5.75 Å². The number of hydrogen-bond donors (Lipinski definition) is 2. The van der Waals surface area contributed by atoms with Gasteiger partial charge >= 0.3 is 0 Å². The van der Waals surface area contributed by atoms with E-state index in [1.807, 2.05) is 0 Å². The van der Waals surface area contributed by atoms with Gasteiger partial charge in [-0.15, -0.1) is 0 Å². The number of nitrogens with one attached hydrogen (secondary N) is 2. The second-order valence-corrected chi connectivity index (χ2v) is 7.09. The van der Waals surface area contributed by atoms with Crippen LogP contribution >= 0.6 is 0 Å². The van der Waals surface area contributed by atoms with E-state index in [2.05, 4.69) is 10.0 Å². The highest BCUT2D eigenvalue weighted by Gasteiger charge is 2.23. The van der Waals surface area contributed by atoms with Crippen LogP contribution in [0.5, 0.6) is 5.75 Å². The average molecular weight is 312 g/mol. The number of benzene rings is 1. The lowest BCUT2D eigenvalue weighted by molar-refractivity contribution is -0.123. The highest BCUT2D eigenvalue weighted by molar-refractivity contribution is 7.89. The van der Waals surface area contributed by atoms with Gasteiger partial charge in [-0.3, -0.25) is 4.79 Å². The topological polar surface area (TPSA) is 84.5 Å². The number of carbonyl (C=O) groups excluding carboxylic acids is 1. The fourth-order valence-corrected chi connectivity index (χ4v) is 2.99. The summed E-state index contributed by atoms with van der Waals surface area (Å²) < 4.78 is 31.7. The second kappa shape index (κ2) is 6.44. The van der Waals surface area contributed by atoms with Crippen molar-refractivity contribution in [1.29, 1.82) is 0 Å². The van der Waals surface area contributed by atoms with Crippen LogP contribution in [0.25, 0.3) is 0 Å². The van der Waals surface area contributed by atoms with E-state index in [-0.39, 0.29) is 23.5 Å². The molecule has 2 rings (SSSR count). The van der Waals surface area contributed by atoms with E-state index in [0.29, 0.717) is 11.8 Å². The Hall–Kier alpha value is -1.60. The molecule has 1 saturated carbocycles. The molecule has 6 nitrogen and oxygen atoms in total. The van der Waals surface area contributed by atoms with Crippen molar-refractivity contribution in [3.63, 3.8) is 0 Å². The predicted molar refractivity (Wildman–Crippen MR) is 78.6 cm³/mol. The van der Waals surface area contributed by atoms with Crippen LogP contribution in [0.4, 0.5) is 0 Å². The molecule has 1 aromatic rings. The third-order valence-electron chi connectivity index (χ3n) is 2.84. The Kier molecular flexibility index (Phi) is 4.84. The van der Waals surface area contributed by atoms with E-state index >= 15 is 0 Å². The lowest BCUT2D eigenvalue weighted by atomic mass is 10.3. The van der Waals surface area contributed by atoms with E-state index in [1.165, 1.54) is 12.1 Å². The summed E-state index contributed by atoms with van der Waals surface area (Å²) in [5.74, 6) is 0.306. The maximum atomic E-state index is 11.9. The first-order valence-electron chi connectivity index (χ1n) is 6.91. The van der Waals surface area contributed by atoms with Crippen molar-refractivity contribution in [3.8, 4) is 5.75 Å². The Morgan fingerprint density at radius 2 is 1.90 bits per heavy atom. The summed E-state index contributed by atoms with van der Waals surface area (Å²) in [5, 5.41) is 2.81. The molecule has 1 aromatic carbocycles. The molecular weight excluding hydrogens is 292 g/mol. The van der Waals surface area contributed by atoms with Crippen molar-refractivity contribution in [2.75, 3.05) is 6.61 Å². The van der Waals surface area contributed by atoms with Gasteiger partial charge in [0.25, 0.3) is 5.91 Å². The minimum atomic E-state index is -3.50. The number of carbonyl (C=O) groups is 1. The second-order valence-electron chi connectivity index (χ2n) is 5.38. The van der Waals surface area contributed by atoms with Crippen molar-refractivity contribution >= 4 is 15.9 Å². The maximum Gasteiger partial charge on any atom is 0.258 e. The quantitative estimate of drug-likeness (QED) is 0.787. The van der Waals surface area contributed by atoms with E-state index in [4.69, 9.17) is 4.74 Å². The number of amides is 1. The number of ether oxygens (including phenoxy) is 1. The zero-order valence-corrected chi connectivity index (χ0v) is 12.9. The minimum absolute atomic E-state index is 0.0627. The van der Waals surface area contributed by atoms with Gasteiger partial charge in [0.05, 0.1) is 4.90 Å². The van der Waals surface area contributed by atoms with Crippen molar-refractivity contribution < 1.29 is 17.9 Å². The molecule has 116 valence electrons. The molecule has 7 heteroatoms. The van der Waals surface area contributed by atoms with Crippen LogP contribution in [0.2, 0.25) is 0 Å². The van der Waals surface area contributed by atoms with Crippen LogP contribution in [0.15, 0.2) is 29.2 Å². The standard InChI is InChI=1S/C14H20N2O4S/c1-10(2)16-21(18,19)13-7-5-12(6-8-13)20-9-14(17)15-11-3-4-11/h5-8,10-11,16H,3-4,9H2,1-2H3,(H,15,17). The van der Waals surface area contributed by atoms with Gasteiger partial charge < -0.3 is 10.1 Å². The molecule has 0 bridgehead atoms. The van der Waals surface area contributed by atoms with Crippen LogP contribution in [-0.4, -0.2) is 33.0 Å². The van der Waals surface area contributed by atoms with Crippen molar-refractivity contribution in [1.82, 2.24) is 10.0 Å². The van der Waals surface area contributed by atoms with Gasteiger partial charge in [-0.2, -0.15) is 0 Å². The monoisotopic (exact) mass is 312 g/mol. The molecule has 0 radical (unpaired) electrons. The van der Waals surface area contributed by atoms with E-state index in [0.717, 1.165) is 12.8 Å². The molecule has 2 N–H and O–H groups in total. The van der Waals surface area contributed by atoms with Crippen LogP contribution in [0, 0.1) is 0 Å². The van der Waals surface area contributed by atoms with E-state index < -0.39 is 10.0 Å². The molecule has 21 heavy (non-hydrogen) atoms. The summed E-state index contributed by atoms with van der Waals surface area (Å²) in [6.45, 7) is 3.45. The van der Waals surface area contributed by atoms with Crippen LogP contribution < -0.4 is 14.8 Å². The van der Waals surface area contributed by atoms with Gasteiger partial charge in [-0.25, -0.2) is 13.1 Å². The molecule has 0 atom stereocenters. The average Bonchev–Trinajstić information content (AvgIpc) is 3.19.